The van der Waals surface area contributed by atoms with Gasteiger partial charge in [-0.15, -0.1) is 5.92 Å². The molecule has 0 spiro atoms. The van der Waals surface area contributed by atoms with Gasteiger partial charge in [-0.05, 0) is 17.5 Å². The Hall–Kier alpha value is -2.04. The lowest BCUT2D eigenvalue weighted by Crippen LogP contribution is -2.26. The van der Waals surface area contributed by atoms with Crippen LogP contribution in [0.4, 0.5) is 0 Å². The van der Waals surface area contributed by atoms with Gasteiger partial charge in [-0.1, -0.05) is 79.9 Å². The van der Waals surface area contributed by atoms with Crippen LogP contribution in [0.2, 0.25) is 0 Å². The molecule has 0 fully saturated rings. The molecule has 2 aromatic carbocycles. The van der Waals surface area contributed by atoms with Crippen molar-refractivity contribution in [3.8, 4) is 11.8 Å². The molecule has 0 unspecified atom stereocenters. The van der Waals surface area contributed by atoms with Crippen LogP contribution in [-0.4, -0.2) is 5.11 Å². The summed E-state index contributed by atoms with van der Waals surface area (Å²) in [7, 11) is 0. The molecule has 0 atom stereocenters. The van der Waals surface area contributed by atoms with Crippen LogP contribution >= 0.6 is 0 Å². The van der Waals surface area contributed by atoms with Crippen molar-refractivity contribution in [2.24, 2.45) is 0 Å². The van der Waals surface area contributed by atoms with Gasteiger partial charge in [-0.3, -0.25) is 0 Å². The Kier molecular flexibility index (Phi) is 5.60. The number of unbranched alkanes of at least 4 members (excludes halogenated alkanes) is 2. The zero-order valence-electron chi connectivity index (χ0n) is 12.5. The maximum absolute atomic E-state index is 11.2. The molecule has 1 nitrogen and oxygen atoms in total. The molecular weight excluding hydrogens is 256 g/mol. The number of aliphatic hydroxyl groups is 1. The smallest absolute Gasteiger partial charge is 0.125 e. The molecule has 2 rings (SSSR count). The second kappa shape index (κ2) is 7.67. The van der Waals surface area contributed by atoms with Crippen molar-refractivity contribution in [2.75, 3.05) is 0 Å². The lowest BCUT2D eigenvalue weighted by Gasteiger charge is -2.27. The van der Waals surface area contributed by atoms with E-state index in [2.05, 4.69) is 18.8 Å². The van der Waals surface area contributed by atoms with Crippen LogP contribution in [0, 0.1) is 11.8 Å². The summed E-state index contributed by atoms with van der Waals surface area (Å²) in [5.41, 5.74) is 0.740. The molecule has 0 saturated heterocycles. The van der Waals surface area contributed by atoms with E-state index in [1.807, 2.05) is 60.7 Å². The first-order valence-electron chi connectivity index (χ1n) is 7.56. The van der Waals surface area contributed by atoms with Crippen molar-refractivity contribution in [3.05, 3.63) is 71.8 Å². The van der Waals surface area contributed by atoms with Crippen LogP contribution in [-0.2, 0) is 5.60 Å². The molecule has 0 aliphatic carbocycles. The third-order valence-electron chi connectivity index (χ3n) is 3.63. The number of rotatable bonds is 5. The van der Waals surface area contributed by atoms with Gasteiger partial charge in [0.05, 0.1) is 0 Å². The predicted molar refractivity (Wildman–Crippen MR) is 87.8 cm³/mol. The zero-order valence-corrected chi connectivity index (χ0v) is 12.5. The van der Waals surface area contributed by atoms with Crippen LogP contribution < -0.4 is 0 Å². The van der Waals surface area contributed by atoms with E-state index >= 15 is 0 Å². The second-order valence-corrected chi connectivity index (χ2v) is 5.23. The Morgan fingerprint density at radius 2 is 1.38 bits per heavy atom. The fourth-order valence-electron chi connectivity index (χ4n) is 2.34. The summed E-state index contributed by atoms with van der Waals surface area (Å²) in [6.45, 7) is 2.16. The fourth-order valence-corrected chi connectivity index (χ4v) is 2.34. The molecule has 21 heavy (non-hydrogen) atoms. The van der Waals surface area contributed by atoms with Crippen LogP contribution in [0.25, 0.3) is 0 Å². The van der Waals surface area contributed by atoms with Gasteiger partial charge in [-0.25, -0.2) is 0 Å². The highest BCUT2D eigenvalue weighted by molar-refractivity contribution is 5.37. The highest BCUT2D eigenvalue weighted by Gasteiger charge is 2.30. The molecule has 0 saturated carbocycles. The topological polar surface area (TPSA) is 20.2 Å². The van der Waals surface area contributed by atoms with E-state index in [-0.39, 0.29) is 0 Å². The summed E-state index contributed by atoms with van der Waals surface area (Å²) < 4.78 is 0. The largest absolute Gasteiger partial charge is 0.379 e. The minimum absolute atomic E-state index is 0.421. The van der Waals surface area contributed by atoms with E-state index in [1.54, 1.807) is 0 Å². The first-order valence-corrected chi connectivity index (χ1v) is 7.56. The van der Waals surface area contributed by atoms with Crippen LogP contribution in [0.1, 0.15) is 43.7 Å². The van der Waals surface area contributed by atoms with Crippen LogP contribution in [0.5, 0.6) is 0 Å². The third-order valence-corrected chi connectivity index (χ3v) is 3.63. The molecule has 0 heterocycles. The Morgan fingerprint density at radius 3 is 1.86 bits per heavy atom. The minimum atomic E-state index is -1.04. The standard InChI is InChI=1S/C20H22O/c1-2-3-4-5-12-17-20(21,18-13-8-6-9-14-18)19-15-10-7-11-16-19/h6-11,13-16,21H,2-4,17H2,1H3. The van der Waals surface area contributed by atoms with Gasteiger partial charge in [0, 0.05) is 12.8 Å². The van der Waals surface area contributed by atoms with E-state index in [1.165, 1.54) is 0 Å². The van der Waals surface area contributed by atoms with Gasteiger partial charge < -0.3 is 5.11 Å². The van der Waals surface area contributed by atoms with Crippen molar-refractivity contribution >= 4 is 0 Å². The number of hydrogen-bond acceptors (Lipinski definition) is 1. The first kappa shape index (κ1) is 15.4. The maximum Gasteiger partial charge on any atom is 0.125 e. The third kappa shape index (κ3) is 3.97. The molecule has 2 aromatic rings. The molecule has 108 valence electrons. The molecule has 0 aliphatic rings. The van der Waals surface area contributed by atoms with Crippen molar-refractivity contribution in [1.29, 1.82) is 0 Å². The molecule has 0 aliphatic heterocycles. The molecule has 0 aromatic heterocycles. The monoisotopic (exact) mass is 278 g/mol. The molecule has 0 radical (unpaired) electrons. The van der Waals surface area contributed by atoms with E-state index in [9.17, 15) is 5.11 Å². The van der Waals surface area contributed by atoms with Crippen LogP contribution in [0.3, 0.4) is 0 Å². The normalized spacial score (nSPS) is 10.8. The Bertz CT molecular complexity index is 550. The second-order valence-electron chi connectivity index (χ2n) is 5.23. The molecular formula is C20H22O. The summed E-state index contributed by atoms with van der Waals surface area (Å²) in [6.07, 6.45) is 3.58. The van der Waals surface area contributed by atoms with E-state index in [4.69, 9.17) is 0 Å². The maximum atomic E-state index is 11.2. The number of benzene rings is 2. The molecule has 1 heteroatoms. The van der Waals surface area contributed by atoms with E-state index in [0.717, 1.165) is 30.4 Å². The van der Waals surface area contributed by atoms with E-state index < -0.39 is 5.60 Å². The van der Waals surface area contributed by atoms with Crippen LogP contribution in [0.15, 0.2) is 60.7 Å². The SMILES string of the molecule is CCCCC#CCC(O)(c1ccccc1)c1ccccc1. The van der Waals surface area contributed by atoms with E-state index in [0.29, 0.717) is 6.42 Å². The number of hydrogen-bond donors (Lipinski definition) is 1. The Labute approximate surface area is 127 Å². The summed E-state index contributed by atoms with van der Waals surface area (Å²) in [5.74, 6) is 6.33. The average Bonchev–Trinajstić information content (AvgIpc) is 2.56. The van der Waals surface area contributed by atoms with Gasteiger partial charge in [0.1, 0.15) is 5.60 Å². The average molecular weight is 278 g/mol. The Morgan fingerprint density at radius 1 is 0.857 bits per heavy atom. The lowest BCUT2D eigenvalue weighted by molar-refractivity contribution is 0.0865. The van der Waals surface area contributed by atoms with Gasteiger partial charge in [0.15, 0.2) is 0 Å². The summed E-state index contributed by atoms with van der Waals surface area (Å²) >= 11 is 0. The molecule has 1 N–H and O–H groups in total. The van der Waals surface area contributed by atoms with Crippen molar-refractivity contribution in [1.82, 2.24) is 0 Å². The van der Waals surface area contributed by atoms with Crippen molar-refractivity contribution in [2.45, 2.75) is 38.2 Å². The van der Waals surface area contributed by atoms with Crippen molar-refractivity contribution in [3.63, 3.8) is 0 Å². The highest BCUT2D eigenvalue weighted by Crippen LogP contribution is 2.32. The highest BCUT2D eigenvalue weighted by atomic mass is 16.3. The van der Waals surface area contributed by atoms with Gasteiger partial charge >= 0.3 is 0 Å². The van der Waals surface area contributed by atoms with Gasteiger partial charge in [-0.2, -0.15) is 0 Å². The molecule has 0 bridgehead atoms. The van der Waals surface area contributed by atoms with Crippen molar-refractivity contribution < 1.29 is 5.11 Å². The lowest BCUT2D eigenvalue weighted by atomic mass is 9.84. The first-order chi connectivity index (χ1) is 10.3. The summed E-state index contributed by atoms with van der Waals surface area (Å²) in [5, 5.41) is 11.2. The van der Waals surface area contributed by atoms with Gasteiger partial charge in [0.25, 0.3) is 0 Å². The predicted octanol–water partition coefficient (Wildman–Crippen LogP) is 4.51. The Balaban J connectivity index is 2.28. The fraction of sp³-hybridized carbons (Fsp3) is 0.300. The molecule has 0 amide bonds. The quantitative estimate of drug-likeness (QED) is 0.630. The summed E-state index contributed by atoms with van der Waals surface area (Å²) in [6, 6.07) is 19.6. The zero-order chi connectivity index (χ0) is 15.0. The van der Waals surface area contributed by atoms with Gasteiger partial charge in [0.2, 0.25) is 0 Å². The minimum Gasteiger partial charge on any atom is -0.379 e. The summed E-state index contributed by atoms with van der Waals surface area (Å²) in [4.78, 5) is 0.